The highest BCUT2D eigenvalue weighted by Gasteiger charge is 2.46. The average molecular weight is 467 g/mol. The molecule has 5 rings (SSSR count). The van der Waals surface area contributed by atoms with E-state index in [-0.39, 0.29) is 11.9 Å². The molecule has 4 heterocycles. The zero-order valence-corrected chi connectivity index (χ0v) is 19.4. The molecule has 32 heavy (non-hydrogen) atoms. The molecular formula is C24H26N4O2S2. The van der Waals surface area contributed by atoms with Crippen LogP contribution in [0.5, 0.6) is 0 Å². The lowest BCUT2D eigenvalue weighted by atomic mass is 10.1. The lowest BCUT2D eigenvalue weighted by Gasteiger charge is -2.35. The standard InChI is InChI=1S/C24H26N4O2S2/c29-23-22(21-7-4-13-32-21)27(16-19-5-2-1-3-6-19)24(30)28(23)18-26-11-9-25(10-12-26)15-20-8-14-31-17-20/h1-8,13-14,17,22H,9-12,15-16,18H2/t22-/m1/s1. The fourth-order valence-electron chi connectivity index (χ4n) is 4.36. The van der Waals surface area contributed by atoms with Gasteiger partial charge in [0.25, 0.3) is 5.91 Å². The Balaban J connectivity index is 1.27. The highest BCUT2D eigenvalue weighted by atomic mass is 32.1. The van der Waals surface area contributed by atoms with E-state index in [1.54, 1.807) is 16.2 Å². The van der Waals surface area contributed by atoms with E-state index in [0.29, 0.717) is 13.2 Å². The van der Waals surface area contributed by atoms with Crippen molar-refractivity contribution >= 4 is 34.6 Å². The summed E-state index contributed by atoms with van der Waals surface area (Å²) in [6.45, 7) is 5.33. The first-order valence-corrected chi connectivity index (χ1v) is 12.7. The van der Waals surface area contributed by atoms with Gasteiger partial charge < -0.3 is 4.90 Å². The quantitative estimate of drug-likeness (QED) is 0.492. The molecule has 0 unspecified atom stereocenters. The first-order valence-electron chi connectivity index (χ1n) is 10.8. The molecule has 2 aliphatic rings. The maximum absolute atomic E-state index is 13.4. The smallest absolute Gasteiger partial charge is 0.303 e. The minimum Gasteiger partial charge on any atom is -0.303 e. The molecule has 8 heteroatoms. The monoisotopic (exact) mass is 466 g/mol. The summed E-state index contributed by atoms with van der Waals surface area (Å²) in [4.78, 5) is 35.5. The predicted octanol–water partition coefficient (Wildman–Crippen LogP) is 4.09. The van der Waals surface area contributed by atoms with Crippen molar-refractivity contribution in [3.8, 4) is 0 Å². The van der Waals surface area contributed by atoms with Gasteiger partial charge in [-0.05, 0) is 39.4 Å². The SMILES string of the molecule is O=C1[C@@H](c2cccs2)N(Cc2ccccc2)C(=O)N1CN1CCN(Cc2ccsc2)CC1. The number of nitrogens with zero attached hydrogens (tertiary/aromatic N) is 4. The third-order valence-corrected chi connectivity index (χ3v) is 7.75. The van der Waals surface area contributed by atoms with Gasteiger partial charge in [-0.15, -0.1) is 11.3 Å². The van der Waals surface area contributed by atoms with E-state index in [1.165, 1.54) is 21.8 Å². The minimum atomic E-state index is -0.539. The van der Waals surface area contributed by atoms with E-state index in [9.17, 15) is 9.59 Å². The molecule has 6 nitrogen and oxygen atoms in total. The lowest BCUT2D eigenvalue weighted by molar-refractivity contribution is -0.130. The zero-order chi connectivity index (χ0) is 21.9. The zero-order valence-electron chi connectivity index (χ0n) is 17.8. The van der Waals surface area contributed by atoms with E-state index in [4.69, 9.17) is 0 Å². The van der Waals surface area contributed by atoms with Crippen LogP contribution in [0.2, 0.25) is 0 Å². The third-order valence-electron chi connectivity index (χ3n) is 6.09. The Morgan fingerprint density at radius 2 is 1.59 bits per heavy atom. The first kappa shape index (κ1) is 21.3. The van der Waals surface area contributed by atoms with Crippen LogP contribution >= 0.6 is 22.7 Å². The number of hydrogen-bond acceptors (Lipinski definition) is 6. The Labute approximate surface area is 196 Å². The molecule has 0 spiro atoms. The van der Waals surface area contributed by atoms with Gasteiger partial charge in [-0.2, -0.15) is 11.3 Å². The number of rotatable bonds is 7. The number of carbonyl (C=O) groups excluding carboxylic acids is 2. The van der Waals surface area contributed by atoms with E-state index >= 15 is 0 Å². The summed E-state index contributed by atoms with van der Waals surface area (Å²) in [7, 11) is 0. The van der Waals surface area contributed by atoms with Crippen molar-refractivity contribution in [3.63, 3.8) is 0 Å². The number of hydrogen-bond donors (Lipinski definition) is 0. The summed E-state index contributed by atoms with van der Waals surface area (Å²) in [5.74, 6) is -0.117. The summed E-state index contributed by atoms with van der Waals surface area (Å²) >= 11 is 3.26. The normalized spacial score (nSPS) is 20.4. The number of carbonyl (C=O) groups is 2. The maximum atomic E-state index is 13.4. The maximum Gasteiger partial charge on any atom is 0.329 e. The van der Waals surface area contributed by atoms with Crippen LogP contribution < -0.4 is 0 Å². The van der Waals surface area contributed by atoms with Crippen molar-refractivity contribution in [2.24, 2.45) is 0 Å². The molecular weight excluding hydrogens is 440 g/mol. The second-order valence-corrected chi connectivity index (χ2v) is 10.0. The topological polar surface area (TPSA) is 47.1 Å². The molecule has 1 aromatic carbocycles. The molecule has 0 aliphatic carbocycles. The number of piperazine rings is 1. The van der Waals surface area contributed by atoms with Crippen molar-refractivity contribution in [2.45, 2.75) is 19.1 Å². The molecule has 0 radical (unpaired) electrons. The van der Waals surface area contributed by atoms with Gasteiger partial charge in [0.1, 0.15) is 6.04 Å². The molecule has 2 aliphatic heterocycles. The summed E-state index contributed by atoms with van der Waals surface area (Å²) in [6.07, 6.45) is 0. The Kier molecular flexibility index (Phi) is 6.36. The Morgan fingerprint density at radius 3 is 2.28 bits per heavy atom. The molecule has 3 amide bonds. The van der Waals surface area contributed by atoms with Crippen LogP contribution in [0.25, 0.3) is 0 Å². The average Bonchev–Trinajstić information content (AvgIpc) is 3.56. The number of urea groups is 1. The Bertz CT molecular complexity index is 1030. The summed E-state index contributed by atoms with van der Waals surface area (Å²) in [6, 6.07) is 15.2. The Morgan fingerprint density at radius 1 is 0.812 bits per heavy atom. The number of benzene rings is 1. The first-order chi connectivity index (χ1) is 15.7. The molecule has 2 saturated heterocycles. The van der Waals surface area contributed by atoms with Crippen LogP contribution in [-0.4, -0.2) is 64.4 Å². The molecule has 0 N–H and O–H groups in total. The van der Waals surface area contributed by atoms with E-state index in [1.807, 2.05) is 47.8 Å². The van der Waals surface area contributed by atoms with Crippen molar-refractivity contribution in [1.29, 1.82) is 0 Å². The van der Waals surface area contributed by atoms with Crippen LogP contribution in [0.15, 0.2) is 64.7 Å². The van der Waals surface area contributed by atoms with Crippen LogP contribution in [0, 0.1) is 0 Å². The van der Waals surface area contributed by atoms with Crippen LogP contribution in [0.1, 0.15) is 22.0 Å². The number of thiophene rings is 2. The van der Waals surface area contributed by atoms with Gasteiger partial charge in [0.05, 0.1) is 6.67 Å². The van der Waals surface area contributed by atoms with E-state index in [0.717, 1.165) is 43.2 Å². The van der Waals surface area contributed by atoms with E-state index < -0.39 is 6.04 Å². The minimum absolute atomic E-state index is 0.117. The second kappa shape index (κ2) is 9.54. The predicted molar refractivity (Wildman–Crippen MR) is 127 cm³/mol. The molecule has 2 aromatic heterocycles. The van der Waals surface area contributed by atoms with Crippen molar-refractivity contribution < 1.29 is 9.59 Å². The van der Waals surface area contributed by atoms with Gasteiger partial charge in [-0.25, -0.2) is 9.69 Å². The third kappa shape index (κ3) is 4.49. The molecule has 0 saturated carbocycles. The van der Waals surface area contributed by atoms with Crippen LogP contribution in [0.3, 0.4) is 0 Å². The number of amides is 3. The highest BCUT2D eigenvalue weighted by molar-refractivity contribution is 7.10. The molecule has 3 aromatic rings. The summed E-state index contributed by atoms with van der Waals surface area (Å²) in [5.41, 5.74) is 2.38. The summed E-state index contributed by atoms with van der Waals surface area (Å²) < 4.78 is 0. The fourth-order valence-corrected chi connectivity index (χ4v) is 5.85. The van der Waals surface area contributed by atoms with Crippen LogP contribution in [-0.2, 0) is 17.9 Å². The van der Waals surface area contributed by atoms with Crippen molar-refractivity contribution in [1.82, 2.24) is 19.6 Å². The van der Waals surface area contributed by atoms with Crippen molar-refractivity contribution in [3.05, 3.63) is 80.7 Å². The van der Waals surface area contributed by atoms with Gasteiger partial charge >= 0.3 is 6.03 Å². The molecule has 2 fully saturated rings. The molecule has 0 bridgehead atoms. The fraction of sp³-hybridized carbons (Fsp3) is 0.333. The van der Waals surface area contributed by atoms with Gasteiger partial charge in [0, 0.05) is 44.1 Å². The van der Waals surface area contributed by atoms with E-state index in [2.05, 4.69) is 26.6 Å². The van der Waals surface area contributed by atoms with Crippen molar-refractivity contribution in [2.75, 3.05) is 32.8 Å². The van der Waals surface area contributed by atoms with Gasteiger partial charge in [-0.1, -0.05) is 36.4 Å². The molecule has 166 valence electrons. The number of imide groups is 1. The Hall–Kier alpha value is -2.52. The highest BCUT2D eigenvalue weighted by Crippen LogP contribution is 2.35. The van der Waals surface area contributed by atoms with Crippen LogP contribution in [0.4, 0.5) is 4.79 Å². The van der Waals surface area contributed by atoms with Gasteiger partial charge in [0.15, 0.2) is 0 Å². The lowest BCUT2D eigenvalue weighted by Crippen LogP contribution is -2.51. The van der Waals surface area contributed by atoms with Gasteiger partial charge in [-0.3, -0.25) is 14.6 Å². The summed E-state index contributed by atoms with van der Waals surface area (Å²) in [5, 5.41) is 6.27. The second-order valence-electron chi connectivity index (χ2n) is 8.25. The molecule has 1 atom stereocenters. The largest absolute Gasteiger partial charge is 0.329 e. The van der Waals surface area contributed by atoms with Gasteiger partial charge in [0.2, 0.25) is 0 Å².